The number of benzene rings is 1. The first kappa shape index (κ1) is 17.0. The van der Waals surface area contributed by atoms with Gasteiger partial charge in [0.25, 0.3) is 0 Å². The van der Waals surface area contributed by atoms with Gasteiger partial charge in [0.15, 0.2) is 0 Å². The Morgan fingerprint density at radius 2 is 1.85 bits per heavy atom. The van der Waals surface area contributed by atoms with Crippen molar-refractivity contribution in [1.29, 1.82) is 0 Å². The van der Waals surface area contributed by atoms with Crippen LogP contribution in [0.15, 0.2) is 29.2 Å². The number of amides is 1. The zero-order valence-electron chi connectivity index (χ0n) is 11.8. The lowest BCUT2D eigenvalue weighted by atomic mass is 10.2. The molecule has 0 aromatic heterocycles. The van der Waals surface area contributed by atoms with Gasteiger partial charge < -0.3 is 5.32 Å². The lowest BCUT2D eigenvalue weighted by Crippen LogP contribution is -2.37. The number of thioether (sulfide) groups is 1. The van der Waals surface area contributed by atoms with Crippen LogP contribution in [0.4, 0.5) is 0 Å². The Kier molecular flexibility index (Phi) is 6.51. The van der Waals surface area contributed by atoms with Crippen LogP contribution < -0.4 is 10.0 Å². The topological polar surface area (TPSA) is 75.3 Å². The molecule has 5 nitrogen and oxygen atoms in total. The average molecular weight is 316 g/mol. The van der Waals surface area contributed by atoms with Gasteiger partial charge in [-0.3, -0.25) is 4.79 Å². The molecular weight excluding hydrogens is 296 g/mol. The minimum atomic E-state index is -3.20. The van der Waals surface area contributed by atoms with E-state index in [4.69, 9.17) is 0 Å². The van der Waals surface area contributed by atoms with Crippen molar-refractivity contribution < 1.29 is 13.2 Å². The molecule has 1 aromatic carbocycles. The number of nitrogens with one attached hydrogen (secondary N) is 2. The summed E-state index contributed by atoms with van der Waals surface area (Å²) in [6.07, 6.45) is 1.09. The summed E-state index contributed by atoms with van der Waals surface area (Å²) in [4.78, 5) is 12.9. The van der Waals surface area contributed by atoms with Gasteiger partial charge >= 0.3 is 0 Å². The maximum absolute atomic E-state index is 11.8. The summed E-state index contributed by atoms with van der Waals surface area (Å²) in [7, 11) is -3.20. The Morgan fingerprint density at radius 1 is 1.25 bits per heavy atom. The van der Waals surface area contributed by atoms with Crippen molar-refractivity contribution >= 4 is 27.7 Å². The monoisotopic (exact) mass is 316 g/mol. The maximum atomic E-state index is 11.8. The minimum Gasteiger partial charge on any atom is -0.354 e. The summed E-state index contributed by atoms with van der Waals surface area (Å²) < 4.78 is 24.0. The number of aryl methyl sites for hydroxylation is 1. The molecule has 1 amide bonds. The molecule has 0 heterocycles. The van der Waals surface area contributed by atoms with Crippen LogP contribution in [0.3, 0.4) is 0 Å². The second-order valence-electron chi connectivity index (χ2n) is 4.53. The van der Waals surface area contributed by atoms with Gasteiger partial charge in [-0.2, -0.15) is 0 Å². The third-order valence-corrected chi connectivity index (χ3v) is 4.33. The van der Waals surface area contributed by atoms with Crippen LogP contribution in [-0.4, -0.2) is 38.9 Å². The van der Waals surface area contributed by atoms with Gasteiger partial charge in [-0.05, 0) is 26.0 Å². The molecule has 0 spiro atoms. The van der Waals surface area contributed by atoms with Gasteiger partial charge in [0, 0.05) is 18.0 Å². The quantitative estimate of drug-likeness (QED) is 0.584. The molecule has 0 saturated carbocycles. The molecule has 1 rings (SSSR count). The average Bonchev–Trinajstić information content (AvgIpc) is 2.36. The van der Waals surface area contributed by atoms with Crippen LogP contribution in [0.5, 0.6) is 0 Å². The van der Waals surface area contributed by atoms with E-state index in [1.807, 2.05) is 38.1 Å². The van der Waals surface area contributed by atoms with Gasteiger partial charge in [0.2, 0.25) is 15.9 Å². The van der Waals surface area contributed by atoms with Crippen molar-refractivity contribution in [1.82, 2.24) is 10.0 Å². The lowest BCUT2D eigenvalue weighted by molar-refractivity contribution is -0.120. The molecule has 0 aliphatic rings. The number of hydrogen-bond acceptors (Lipinski definition) is 4. The van der Waals surface area contributed by atoms with Gasteiger partial charge in [-0.25, -0.2) is 13.1 Å². The molecule has 7 heteroatoms. The first-order valence-electron chi connectivity index (χ1n) is 6.23. The summed E-state index contributed by atoms with van der Waals surface area (Å²) in [6.45, 7) is 4.32. The zero-order chi connectivity index (χ0) is 15.2. The lowest BCUT2D eigenvalue weighted by Gasteiger charge is -2.12. The van der Waals surface area contributed by atoms with E-state index in [0.29, 0.717) is 0 Å². The Balaban J connectivity index is 2.34. The summed E-state index contributed by atoms with van der Waals surface area (Å²) in [5, 5.41) is 2.47. The molecule has 20 heavy (non-hydrogen) atoms. The van der Waals surface area contributed by atoms with Crippen molar-refractivity contribution in [3.8, 4) is 0 Å². The Labute approximate surface area is 124 Å². The number of sulfonamides is 1. The fraction of sp³-hybridized carbons (Fsp3) is 0.462. The van der Waals surface area contributed by atoms with Gasteiger partial charge in [-0.1, -0.05) is 17.7 Å². The molecule has 1 aromatic rings. The van der Waals surface area contributed by atoms with Gasteiger partial charge in [0.1, 0.15) is 0 Å². The predicted molar refractivity (Wildman–Crippen MR) is 82.4 cm³/mol. The van der Waals surface area contributed by atoms with Crippen molar-refractivity contribution in [3.05, 3.63) is 29.8 Å². The van der Waals surface area contributed by atoms with E-state index >= 15 is 0 Å². The highest BCUT2D eigenvalue weighted by molar-refractivity contribution is 8.00. The molecule has 0 aliphatic heterocycles. The van der Waals surface area contributed by atoms with Gasteiger partial charge in [0.05, 0.1) is 11.5 Å². The van der Waals surface area contributed by atoms with E-state index in [9.17, 15) is 13.2 Å². The second-order valence-corrected chi connectivity index (χ2v) is 7.78. The molecule has 0 fully saturated rings. The van der Waals surface area contributed by atoms with Crippen molar-refractivity contribution in [2.45, 2.75) is 24.0 Å². The number of carbonyl (C=O) groups excluding carboxylic acids is 1. The smallest absolute Gasteiger partial charge is 0.233 e. The molecule has 2 N–H and O–H groups in total. The molecule has 1 atom stereocenters. The highest BCUT2D eigenvalue weighted by Crippen LogP contribution is 2.23. The molecule has 112 valence electrons. The van der Waals surface area contributed by atoms with Crippen molar-refractivity contribution in [2.75, 3.05) is 19.3 Å². The number of hydrogen-bond donors (Lipinski definition) is 2. The summed E-state index contributed by atoms with van der Waals surface area (Å²) in [5.74, 6) is -0.106. The summed E-state index contributed by atoms with van der Waals surface area (Å²) >= 11 is 1.47. The largest absolute Gasteiger partial charge is 0.354 e. The van der Waals surface area contributed by atoms with E-state index in [1.54, 1.807) is 0 Å². The third-order valence-electron chi connectivity index (χ3n) is 2.49. The van der Waals surface area contributed by atoms with E-state index in [0.717, 1.165) is 11.2 Å². The Morgan fingerprint density at radius 3 is 2.40 bits per heavy atom. The highest BCUT2D eigenvalue weighted by atomic mass is 32.2. The first-order valence-corrected chi connectivity index (χ1v) is 9.01. The molecule has 1 unspecified atom stereocenters. The van der Waals surface area contributed by atoms with Crippen molar-refractivity contribution in [2.24, 2.45) is 0 Å². The van der Waals surface area contributed by atoms with Crippen LogP contribution >= 0.6 is 11.8 Å². The van der Waals surface area contributed by atoms with E-state index in [2.05, 4.69) is 10.0 Å². The summed E-state index contributed by atoms with van der Waals surface area (Å²) in [6, 6.07) is 7.97. The molecule has 0 saturated heterocycles. The van der Waals surface area contributed by atoms with Crippen LogP contribution in [0.2, 0.25) is 0 Å². The summed E-state index contributed by atoms with van der Waals surface area (Å²) in [5.41, 5.74) is 1.18. The molecule has 0 radical (unpaired) electrons. The molecule has 0 aliphatic carbocycles. The van der Waals surface area contributed by atoms with Crippen LogP contribution in [0.25, 0.3) is 0 Å². The van der Waals surface area contributed by atoms with Crippen LogP contribution in [0, 0.1) is 6.92 Å². The first-order chi connectivity index (χ1) is 9.28. The van der Waals surface area contributed by atoms with Crippen molar-refractivity contribution in [3.63, 3.8) is 0 Å². The molecular formula is C13H20N2O3S2. The fourth-order valence-corrected chi connectivity index (χ4v) is 2.81. The second kappa shape index (κ2) is 7.66. The zero-order valence-corrected chi connectivity index (χ0v) is 13.5. The number of carbonyl (C=O) groups is 1. The molecule has 0 bridgehead atoms. The van der Waals surface area contributed by atoms with E-state index in [1.165, 1.54) is 17.3 Å². The minimum absolute atomic E-state index is 0.106. The van der Waals surface area contributed by atoms with E-state index < -0.39 is 10.0 Å². The normalized spacial score (nSPS) is 12.9. The fourth-order valence-electron chi connectivity index (χ4n) is 1.44. The van der Waals surface area contributed by atoms with E-state index in [-0.39, 0.29) is 24.2 Å². The standard InChI is InChI=1S/C13H20N2O3S2/c1-10-4-6-12(7-5-10)19-11(2)13(16)14-8-9-15-20(3,17)18/h4-7,11,15H,8-9H2,1-3H3,(H,14,16). The highest BCUT2D eigenvalue weighted by Gasteiger charge is 2.13. The van der Waals surface area contributed by atoms with Gasteiger partial charge in [-0.15, -0.1) is 11.8 Å². The SMILES string of the molecule is Cc1ccc(SC(C)C(=O)NCCNS(C)(=O)=O)cc1. The maximum Gasteiger partial charge on any atom is 0.233 e. The van der Waals surface area contributed by atoms with Crippen LogP contribution in [0.1, 0.15) is 12.5 Å². The Bertz CT molecular complexity index is 541. The van der Waals surface area contributed by atoms with Crippen LogP contribution in [-0.2, 0) is 14.8 Å². The predicted octanol–water partition coefficient (Wildman–Crippen LogP) is 1.14. The number of rotatable bonds is 7. The Hall–Kier alpha value is -1.05. The third kappa shape index (κ3) is 6.93.